The molecule has 1 heterocycles. The van der Waals surface area contributed by atoms with Gasteiger partial charge in [0.05, 0.1) is 11.4 Å². The highest BCUT2D eigenvalue weighted by Crippen LogP contribution is 2.25. The average molecular weight is 281 g/mol. The van der Waals surface area contributed by atoms with Gasteiger partial charge in [0.25, 0.3) is 5.91 Å². The number of hydrogen-bond donors (Lipinski definition) is 3. The van der Waals surface area contributed by atoms with Crippen LogP contribution in [0.25, 0.3) is 0 Å². The van der Waals surface area contributed by atoms with Crippen molar-refractivity contribution in [2.45, 2.75) is 13.5 Å². The number of carbonyl (C=O) groups is 1. The Morgan fingerprint density at radius 1 is 1.05 bits per heavy atom. The Hall–Kier alpha value is -2.49. The number of nitrogens with one attached hydrogen (secondary N) is 3. The smallest absolute Gasteiger partial charge is 0.251 e. The van der Waals surface area contributed by atoms with Gasteiger partial charge in [0.1, 0.15) is 0 Å². The zero-order valence-electron chi connectivity index (χ0n) is 12.1. The van der Waals surface area contributed by atoms with Gasteiger partial charge in [-0.1, -0.05) is 29.8 Å². The Morgan fingerprint density at radius 2 is 1.76 bits per heavy atom. The van der Waals surface area contributed by atoms with E-state index in [0.29, 0.717) is 12.1 Å². The van der Waals surface area contributed by atoms with Crippen LogP contribution in [0.4, 0.5) is 11.4 Å². The molecule has 1 amide bonds. The van der Waals surface area contributed by atoms with Crippen LogP contribution in [0.3, 0.4) is 0 Å². The van der Waals surface area contributed by atoms with Crippen LogP contribution in [0.2, 0.25) is 0 Å². The van der Waals surface area contributed by atoms with E-state index >= 15 is 0 Å². The first kappa shape index (κ1) is 13.5. The minimum absolute atomic E-state index is 0.0502. The second kappa shape index (κ2) is 5.87. The van der Waals surface area contributed by atoms with Crippen LogP contribution >= 0.6 is 0 Å². The zero-order chi connectivity index (χ0) is 14.7. The lowest BCUT2D eigenvalue weighted by Gasteiger charge is -2.20. The fourth-order valence-electron chi connectivity index (χ4n) is 2.37. The molecule has 0 bridgehead atoms. The molecule has 0 saturated carbocycles. The molecule has 1 aliphatic heterocycles. The molecule has 0 aliphatic carbocycles. The molecule has 0 atom stereocenters. The summed E-state index contributed by atoms with van der Waals surface area (Å²) in [4.78, 5) is 12.2. The monoisotopic (exact) mass is 281 g/mol. The van der Waals surface area contributed by atoms with Crippen LogP contribution in [0.15, 0.2) is 42.5 Å². The molecule has 0 fully saturated rings. The summed E-state index contributed by atoms with van der Waals surface area (Å²) < 4.78 is 0. The minimum Gasteiger partial charge on any atom is -0.382 e. The molecule has 3 N–H and O–H groups in total. The summed E-state index contributed by atoms with van der Waals surface area (Å²) in [5, 5.41) is 9.55. The van der Waals surface area contributed by atoms with E-state index in [1.54, 1.807) is 0 Å². The number of amides is 1. The highest BCUT2D eigenvalue weighted by atomic mass is 16.1. The van der Waals surface area contributed by atoms with Crippen LogP contribution in [-0.4, -0.2) is 19.0 Å². The molecule has 0 unspecified atom stereocenters. The van der Waals surface area contributed by atoms with Gasteiger partial charge in [-0.15, -0.1) is 0 Å². The Kier molecular flexibility index (Phi) is 3.77. The first-order chi connectivity index (χ1) is 10.2. The highest BCUT2D eigenvalue weighted by Gasteiger charge is 2.11. The molecule has 21 heavy (non-hydrogen) atoms. The number of anilines is 2. The van der Waals surface area contributed by atoms with E-state index in [-0.39, 0.29) is 5.91 Å². The van der Waals surface area contributed by atoms with Crippen molar-refractivity contribution in [2.75, 3.05) is 23.7 Å². The quantitative estimate of drug-likeness (QED) is 0.811. The molecule has 4 nitrogen and oxygen atoms in total. The van der Waals surface area contributed by atoms with Gasteiger partial charge in [-0.05, 0) is 30.7 Å². The predicted molar refractivity (Wildman–Crippen MR) is 85.8 cm³/mol. The van der Waals surface area contributed by atoms with E-state index in [4.69, 9.17) is 0 Å². The van der Waals surface area contributed by atoms with Gasteiger partial charge >= 0.3 is 0 Å². The summed E-state index contributed by atoms with van der Waals surface area (Å²) in [5.41, 5.74) is 5.04. The van der Waals surface area contributed by atoms with Crippen molar-refractivity contribution in [1.82, 2.24) is 5.32 Å². The fourth-order valence-corrected chi connectivity index (χ4v) is 2.37. The molecule has 2 aromatic rings. The van der Waals surface area contributed by atoms with E-state index in [1.807, 2.05) is 30.3 Å². The summed E-state index contributed by atoms with van der Waals surface area (Å²) in [6.45, 7) is 4.38. The predicted octanol–water partition coefficient (Wildman–Crippen LogP) is 2.76. The van der Waals surface area contributed by atoms with Crippen molar-refractivity contribution < 1.29 is 4.79 Å². The minimum atomic E-state index is -0.0502. The Morgan fingerprint density at radius 3 is 2.52 bits per heavy atom. The number of carbonyl (C=O) groups excluding carboxylic acids is 1. The highest BCUT2D eigenvalue weighted by molar-refractivity contribution is 5.96. The van der Waals surface area contributed by atoms with Crippen LogP contribution < -0.4 is 16.0 Å². The van der Waals surface area contributed by atoms with Gasteiger partial charge in [0.2, 0.25) is 0 Å². The molecule has 0 radical (unpaired) electrons. The first-order valence-corrected chi connectivity index (χ1v) is 7.18. The van der Waals surface area contributed by atoms with Crippen molar-refractivity contribution in [3.8, 4) is 0 Å². The molecule has 3 rings (SSSR count). The van der Waals surface area contributed by atoms with Gasteiger partial charge in [0.15, 0.2) is 0 Å². The molecule has 0 spiro atoms. The number of hydrogen-bond acceptors (Lipinski definition) is 3. The molecular weight excluding hydrogens is 262 g/mol. The van der Waals surface area contributed by atoms with Crippen LogP contribution in [0.1, 0.15) is 21.5 Å². The summed E-state index contributed by atoms with van der Waals surface area (Å²) in [6, 6.07) is 13.9. The maximum atomic E-state index is 12.2. The lowest BCUT2D eigenvalue weighted by atomic mass is 10.1. The summed E-state index contributed by atoms with van der Waals surface area (Å²) >= 11 is 0. The van der Waals surface area contributed by atoms with Gasteiger partial charge in [-0.3, -0.25) is 4.79 Å². The largest absolute Gasteiger partial charge is 0.382 e. The number of benzene rings is 2. The second-order valence-corrected chi connectivity index (χ2v) is 5.28. The van der Waals surface area contributed by atoms with Crippen molar-refractivity contribution in [1.29, 1.82) is 0 Å². The maximum absolute atomic E-state index is 12.2. The van der Waals surface area contributed by atoms with Gasteiger partial charge in [-0.2, -0.15) is 0 Å². The van der Waals surface area contributed by atoms with E-state index in [9.17, 15) is 4.79 Å². The van der Waals surface area contributed by atoms with E-state index in [2.05, 4.69) is 35.0 Å². The van der Waals surface area contributed by atoms with Crippen molar-refractivity contribution in [3.05, 3.63) is 59.2 Å². The third-order valence-corrected chi connectivity index (χ3v) is 3.61. The topological polar surface area (TPSA) is 53.2 Å². The average Bonchev–Trinajstić information content (AvgIpc) is 2.53. The lowest BCUT2D eigenvalue weighted by molar-refractivity contribution is 0.0951. The van der Waals surface area contributed by atoms with Crippen molar-refractivity contribution in [3.63, 3.8) is 0 Å². The molecule has 0 aromatic heterocycles. The van der Waals surface area contributed by atoms with E-state index < -0.39 is 0 Å². The Balaban J connectivity index is 1.66. The molecular formula is C17H19N3O. The van der Waals surface area contributed by atoms with Gasteiger partial charge < -0.3 is 16.0 Å². The Bertz CT molecular complexity index is 650. The maximum Gasteiger partial charge on any atom is 0.251 e. The van der Waals surface area contributed by atoms with Crippen molar-refractivity contribution in [2.24, 2.45) is 0 Å². The fraction of sp³-hybridized carbons (Fsp3) is 0.235. The van der Waals surface area contributed by atoms with Crippen molar-refractivity contribution >= 4 is 17.3 Å². The molecule has 0 saturated heterocycles. The van der Waals surface area contributed by atoms with Gasteiger partial charge in [0, 0.05) is 25.2 Å². The Labute approximate surface area is 124 Å². The standard InChI is InChI=1S/C17H19N3O/c1-12-2-4-13(5-3-12)11-20-17(21)14-6-7-15-16(10-14)19-9-8-18-15/h2-7,10,18-19H,8-9,11H2,1H3,(H,20,21). The normalized spacial score (nSPS) is 12.8. The first-order valence-electron chi connectivity index (χ1n) is 7.18. The van der Waals surface area contributed by atoms with Crippen LogP contribution in [0.5, 0.6) is 0 Å². The summed E-state index contributed by atoms with van der Waals surface area (Å²) in [5.74, 6) is -0.0502. The molecule has 108 valence electrons. The van der Waals surface area contributed by atoms with Crippen LogP contribution in [0, 0.1) is 6.92 Å². The lowest BCUT2D eigenvalue weighted by Crippen LogP contribution is -2.24. The summed E-state index contributed by atoms with van der Waals surface area (Å²) in [6.07, 6.45) is 0. The zero-order valence-corrected chi connectivity index (χ0v) is 12.1. The van der Waals surface area contributed by atoms with Crippen LogP contribution in [-0.2, 0) is 6.54 Å². The molecule has 4 heteroatoms. The SMILES string of the molecule is Cc1ccc(CNC(=O)c2ccc3c(c2)NCCN3)cc1. The molecule has 2 aromatic carbocycles. The van der Waals surface area contributed by atoms with E-state index in [1.165, 1.54) is 5.56 Å². The number of aryl methyl sites for hydroxylation is 1. The second-order valence-electron chi connectivity index (χ2n) is 5.28. The number of fused-ring (bicyclic) bond motifs is 1. The summed E-state index contributed by atoms with van der Waals surface area (Å²) in [7, 11) is 0. The van der Waals surface area contributed by atoms with Gasteiger partial charge in [-0.25, -0.2) is 0 Å². The molecule has 1 aliphatic rings. The third-order valence-electron chi connectivity index (χ3n) is 3.61. The number of rotatable bonds is 3. The third kappa shape index (κ3) is 3.16. The van der Waals surface area contributed by atoms with E-state index in [0.717, 1.165) is 30.0 Å².